The highest BCUT2D eigenvalue weighted by atomic mass is 16.5. The van der Waals surface area contributed by atoms with Crippen LogP contribution in [-0.2, 0) is 9.53 Å². The number of rotatable bonds is 5. The van der Waals surface area contributed by atoms with Crippen LogP contribution in [0.4, 0.5) is 0 Å². The SMILES string of the molecule is CC1CC1C(=O)CCCC1CCCO1. The fourth-order valence-electron chi connectivity index (χ4n) is 2.33. The van der Waals surface area contributed by atoms with Crippen molar-refractivity contribution in [1.29, 1.82) is 0 Å². The second-order valence-corrected chi connectivity index (χ2v) is 4.81. The highest BCUT2D eigenvalue weighted by Crippen LogP contribution is 2.39. The molecule has 0 bridgehead atoms. The molecule has 1 heterocycles. The van der Waals surface area contributed by atoms with Gasteiger partial charge in [-0.05, 0) is 38.0 Å². The standard InChI is InChI=1S/C12H20O2/c1-9-8-11(9)12(13)6-2-4-10-5-3-7-14-10/h9-11H,2-8H2,1H3. The van der Waals surface area contributed by atoms with E-state index in [1.807, 2.05) is 0 Å². The smallest absolute Gasteiger partial charge is 0.136 e. The third-order valence-corrected chi connectivity index (χ3v) is 3.50. The second kappa shape index (κ2) is 4.43. The van der Waals surface area contributed by atoms with Crippen LogP contribution in [0.3, 0.4) is 0 Å². The Hall–Kier alpha value is -0.370. The van der Waals surface area contributed by atoms with E-state index < -0.39 is 0 Å². The first-order valence-electron chi connectivity index (χ1n) is 5.91. The van der Waals surface area contributed by atoms with Crippen LogP contribution in [0.2, 0.25) is 0 Å². The predicted molar refractivity (Wildman–Crippen MR) is 55.1 cm³/mol. The van der Waals surface area contributed by atoms with Crippen LogP contribution < -0.4 is 0 Å². The Morgan fingerprint density at radius 1 is 1.50 bits per heavy atom. The van der Waals surface area contributed by atoms with Crippen LogP contribution in [0.15, 0.2) is 0 Å². The minimum absolute atomic E-state index is 0.416. The molecular weight excluding hydrogens is 176 g/mol. The molecule has 0 N–H and O–H groups in total. The quantitative estimate of drug-likeness (QED) is 0.675. The zero-order valence-corrected chi connectivity index (χ0v) is 9.00. The van der Waals surface area contributed by atoms with Crippen LogP contribution in [0.25, 0.3) is 0 Å². The molecule has 0 aromatic carbocycles. The van der Waals surface area contributed by atoms with E-state index >= 15 is 0 Å². The van der Waals surface area contributed by atoms with E-state index in [-0.39, 0.29) is 0 Å². The number of hydrogen-bond donors (Lipinski definition) is 0. The summed E-state index contributed by atoms with van der Waals surface area (Å²) in [7, 11) is 0. The maximum atomic E-state index is 11.5. The van der Waals surface area contributed by atoms with E-state index in [9.17, 15) is 4.79 Å². The van der Waals surface area contributed by atoms with Crippen LogP contribution in [0.5, 0.6) is 0 Å². The lowest BCUT2D eigenvalue weighted by Gasteiger charge is -2.07. The average molecular weight is 196 g/mol. The topological polar surface area (TPSA) is 26.3 Å². The molecule has 1 saturated carbocycles. The molecule has 1 aliphatic carbocycles. The van der Waals surface area contributed by atoms with Gasteiger partial charge in [0.15, 0.2) is 0 Å². The van der Waals surface area contributed by atoms with Gasteiger partial charge in [-0.2, -0.15) is 0 Å². The average Bonchev–Trinajstić information content (AvgIpc) is 2.68. The molecule has 0 aromatic heterocycles. The monoisotopic (exact) mass is 196 g/mol. The highest BCUT2D eigenvalue weighted by Gasteiger charge is 2.38. The number of Topliss-reactive ketones (excluding diaryl/α,β-unsaturated/α-hetero) is 1. The molecule has 1 saturated heterocycles. The normalized spacial score (nSPS) is 35.9. The molecular formula is C12H20O2. The number of ketones is 1. The fraction of sp³-hybridized carbons (Fsp3) is 0.917. The molecule has 0 amide bonds. The van der Waals surface area contributed by atoms with Crippen molar-refractivity contribution >= 4 is 5.78 Å². The zero-order valence-electron chi connectivity index (χ0n) is 9.00. The minimum Gasteiger partial charge on any atom is -0.378 e. The Kier molecular flexibility index (Phi) is 3.22. The summed E-state index contributed by atoms with van der Waals surface area (Å²) in [5.41, 5.74) is 0. The molecule has 80 valence electrons. The van der Waals surface area contributed by atoms with Gasteiger partial charge >= 0.3 is 0 Å². The van der Waals surface area contributed by atoms with Gasteiger partial charge in [-0.1, -0.05) is 6.92 Å². The van der Waals surface area contributed by atoms with E-state index in [1.165, 1.54) is 12.8 Å². The van der Waals surface area contributed by atoms with Crippen molar-refractivity contribution in [3.05, 3.63) is 0 Å². The molecule has 2 rings (SSSR count). The van der Waals surface area contributed by atoms with Crippen molar-refractivity contribution in [2.45, 2.75) is 51.6 Å². The van der Waals surface area contributed by atoms with Gasteiger partial charge in [0.1, 0.15) is 5.78 Å². The Balaban J connectivity index is 1.56. The Morgan fingerprint density at radius 3 is 2.86 bits per heavy atom. The Morgan fingerprint density at radius 2 is 2.29 bits per heavy atom. The largest absolute Gasteiger partial charge is 0.378 e. The molecule has 2 nitrogen and oxygen atoms in total. The van der Waals surface area contributed by atoms with E-state index in [1.54, 1.807) is 0 Å². The van der Waals surface area contributed by atoms with Crippen molar-refractivity contribution in [3.8, 4) is 0 Å². The highest BCUT2D eigenvalue weighted by molar-refractivity contribution is 5.83. The summed E-state index contributed by atoms with van der Waals surface area (Å²) < 4.78 is 5.52. The van der Waals surface area contributed by atoms with Crippen LogP contribution in [0, 0.1) is 11.8 Å². The van der Waals surface area contributed by atoms with Crippen molar-refractivity contribution in [2.75, 3.05) is 6.61 Å². The van der Waals surface area contributed by atoms with E-state index in [0.29, 0.717) is 23.7 Å². The maximum absolute atomic E-state index is 11.5. The van der Waals surface area contributed by atoms with Crippen LogP contribution >= 0.6 is 0 Å². The molecule has 0 radical (unpaired) electrons. The number of carbonyl (C=O) groups excluding carboxylic acids is 1. The summed E-state index contributed by atoms with van der Waals surface area (Å²) in [6, 6.07) is 0. The first-order chi connectivity index (χ1) is 6.77. The van der Waals surface area contributed by atoms with E-state index in [0.717, 1.165) is 32.3 Å². The van der Waals surface area contributed by atoms with Gasteiger partial charge in [0.2, 0.25) is 0 Å². The molecule has 14 heavy (non-hydrogen) atoms. The maximum Gasteiger partial charge on any atom is 0.136 e. The van der Waals surface area contributed by atoms with Gasteiger partial charge in [-0.25, -0.2) is 0 Å². The predicted octanol–water partition coefficient (Wildman–Crippen LogP) is 2.56. The molecule has 2 fully saturated rings. The van der Waals surface area contributed by atoms with Crippen molar-refractivity contribution < 1.29 is 9.53 Å². The first kappa shape index (κ1) is 10.2. The van der Waals surface area contributed by atoms with E-state index in [4.69, 9.17) is 4.74 Å². The Labute approximate surface area is 86.0 Å². The summed E-state index contributed by atoms with van der Waals surface area (Å²) in [6.45, 7) is 3.10. The van der Waals surface area contributed by atoms with Gasteiger partial charge in [0, 0.05) is 18.9 Å². The van der Waals surface area contributed by atoms with Crippen molar-refractivity contribution in [3.63, 3.8) is 0 Å². The number of hydrogen-bond acceptors (Lipinski definition) is 2. The van der Waals surface area contributed by atoms with E-state index in [2.05, 4.69) is 6.92 Å². The van der Waals surface area contributed by atoms with Crippen molar-refractivity contribution in [1.82, 2.24) is 0 Å². The Bertz CT molecular complexity index is 206. The van der Waals surface area contributed by atoms with Gasteiger partial charge in [0.25, 0.3) is 0 Å². The van der Waals surface area contributed by atoms with Crippen LogP contribution in [-0.4, -0.2) is 18.5 Å². The zero-order chi connectivity index (χ0) is 9.97. The molecule has 1 aliphatic heterocycles. The molecule has 2 aliphatic rings. The summed E-state index contributed by atoms with van der Waals surface area (Å²) in [6.07, 6.45) is 6.92. The molecule has 0 spiro atoms. The van der Waals surface area contributed by atoms with Gasteiger partial charge in [0.05, 0.1) is 6.10 Å². The fourth-order valence-corrected chi connectivity index (χ4v) is 2.33. The van der Waals surface area contributed by atoms with Gasteiger partial charge in [-0.3, -0.25) is 4.79 Å². The number of carbonyl (C=O) groups is 1. The van der Waals surface area contributed by atoms with Crippen LogP contribution in [0.1, 0.15) is 45.4 Å². The molecule has 3 atom stereocenters. The van der Waals surface area contributed by atoms with Crippen molar-refractivity contribution in [2.24, 2.45) is 11.8 Å². The molecule has 0 aromatic rings. The third-order valence-electron chi connectivity index (χ3n) is 3.50. The minimum atomic E-state index is 0.416. The summed E-state index contributed by atoms with van der Waals surface area (Å²) in [5, 5.41) is 0. The number of ether oxygens (including phenoxy) is 1. The summed E-state index contributed by atoms with van der Waals surface area (Å²) in [5.74, 6) is 1.58. The third kappa shape index (κ3) is 2.57. The summed E-state index contributed by atoms with van der Waals surface area (Å²) >= 11 is 0. The molecule has 3 unspecified atom stereocenters. The summed E-state index contributed by atoms with van der Waals surface area (Å²) in [4.78, 5) is 11.5. The lowest BCUT2D eigenvalue weighted by atomic mass is 10.0. The second-order valence-electron chi connectivity index (χ2n) is 4.81. The lowest BCUT2D eigenvalue weighted by molar-refractivity contribution is -0.120. The lowest BCUT2D eigenvalue weighted by Crippen LogP contribution is -2.07. The first-order valence-corrected chi connectivity index (χ1v) is 5.91. The van der Waals surface area contributed by atoms with Gasteiger partial charge < -0.3 is 4.74 Å². The molecule has 2 heteroatoms. The van der Waals surface area contributed by atoms with Gasteiger partial charge in [-0.15, -0.1) is 0 Å².